The van der Waals surface area contributed by atoms with Crippen LogP contribution in [0.5, 0.6) is 0 Å². The predicted octanol–water partition coefficient (Wildman–Crippen LogP) is 1.78. The molecule has 1 aliphatic carbocycles. The van der Waals surface area contributed by atoms with E-state index in [4.69, 9.17) is 23.2 Å². The molecule has 1 aromatic rings. The molecule has 0 atom stereocenters. The van der Waals surface area contributed by atoms with Crippen LogP contribution < -0.4 is 4.90 Å². The first kappa shape index (κ1) is 8.97. The Morgan fingerprint density at radius 1 is 1.15 bits per heavy atom. The Balaban J connectivity index is 2.27. The number of nitrogens with zero attached hydrogens (tertiary/aromatic N) is 4. The molecule has 0 spiro atoms. The second-order valence-corrected chi connectivity index (χ2v) is 3.69. The highest BCUT2D eigenvalue weighted by molar-refractivity contribution is 6.31. The maximum absolute atomic E-state index is 5.65. The van der Waals surface area contributed by atoms with Crippen LogP contribution in [0, 0.1) is 0 Å². The Morgan fingerprint density at radius 2 is 1.69 bits per heavy atom. The average molecular weight is 219 g/mol. The van der Waals surface area contributed by atoms with E-state index in [1.165, 1.54) is 12.8 Å². The standard InChI is InChI=1S/C7H8Cl2N4/c1-13(4-2-3-4)7-11-5(8)10-6(9)12-7/h4H,2-3H2,1H3. The van der Waals surface area contributed by atoms with Gasteiger partial charge in [0.1, 0.15) is 0 Å². The average Bonchev–Trinajstić information content (AvgIpc) is 2.83. The maximum Gasteiger partial charge on any atom is 0.230 e. The van der Waals surface area contributed by atoms with Gasteiger partial charge in [-0.05, 0) is 36.0 Å². The summed E-state index contributed by atoms with van der Waals surface area (Å²) in [5.74, 6) is 0.549. The highest BCUT2D eigenvalue weighted by atomic mass is 35.5. The van der Waals surface area contributed by atoms with Crippen molar-refractivity contribution in [1.29, 1.82) is 0 Å². The van der Waals surface area contributed by atoms with E-state index in [2.05, 4.69) is 15.0 Å². The van der Waals surface area contributed by atoms with Gasteiger partial charge in [-0.3, -0.25) is 0 Å². The molecule has 2 rings (SSSR count). The molecular formula is C7H8Cl2N4. The fraction of sp³-hybridized carbons (Fsp3) is 0.571. The first-order valence-corrected chi connectivity index (χ1v) is 4.72. The third kappa shape index (κ3) is 2.00. The molecule has 0 amide bonds. The van der Waals surface area contributed by atoms with Gasteiger partial charge < -0.3 is 4.90 Å². The molecule has 70 valence electrons. The Kier molecular flexibility index (Phi) is 2.26. The van der Waals surface area contributed by atoms with E-state index in [1.807, 2.05) is 11.9 Å². The van der Waals surface area contributed by atoms with E-state index in [9.17, 15) is 0 Å². The summed E-state index contributed by atoms with van der Waals surface area (Å²) >= 11 is 11.3. The topological polar surface area (TPSA) is 41.9 Å². The number of hydrogen-bond donors (Lipinski definition) is 0. The van der Waals surface area contributed by atoms with Gasteiger partial charge in [0.2, 0.25) is 16.5 Å². The lowest BCUT2D eigenvalue weighted by atomic mass is 10.6. The summed E-state index contributed by atoms with van der Waals surface area (Å²) in [6.45, 7) is 0. The molecule has 1 heterocycles. The molecule has 0 unspecified atom stereocenters. The van der Waals surface area contributed by atoms with E-state index in [0.717, 1.165) is 0 Å². The number of halogens is 2. The first-order valence-electron chi connectivity index (χ1n) is 3.97. The fourth-order valence-electron chi connectivity index (χ4n) is 1.10. The monoisotopic (exact) mass is 218 g/mol. The molecule has 0 aromatic carbocycles. The summed E-state index contributed by atoms with van der Waals surface area (Å²) in [5, 5.41) is 0.282. The summed E-state index contributed by atoms with van der Waals surface area (Å²) in [6.07, 6.45) is 2.36. The van der Waals surface area contributed by atoms with Crippen molar-refractivity contribution in [1.82, 2.24) is 15.0 Å². The molecule has 13 heavy (non-hydrogen) atoms. The Morgan fingerprint density at radius 3 is 2.15 bits per heavy atom. The molecule has 4 nitrogen and oxygen atoms in total. The van der Waals surface area contributed by atoms with E-state index in [0.29, 0.717) is 12.0 Å². The summed E-state index contributed by atoms with van der Waals surface area (Å²) < 4.78 is 0. The van der Waals surface area contributed by atoms with Crippen LogP contribution in [0.3, 0.4) is 0 Å². The third-order valence-electron chi connectivity index (χ3n) is 1.98. The van der Waals surface area contributed by atoms with Crippen LogP contribution in [0.2, 0.25) is 10.6 Å². The Bertz CT molecular complexity index is 306. The van der Waals surface area contributed by atoms with Crippen molar-refractivity contribution >= 4 is 29.2 Å². The lowest BCUT2D eigenvalue weighted by molar-refractivity contribution is 0.848. The summed E-state index contributed by atoms with van der Waals surface area (Å²) in [5.41, 5.74) is 0. The van der Waals surface area contributed by atoms with E-state index in [-0.39, 0.29) is 10.6 Å². The number of anilines is 1. The second kappa shape index (κ2) is 3.27. The largest absolute Gasteiger partial charge is 0.341 e. The van der Waals surface area contributed by atoms with Crippen LogP contribution in [-0.2, 0) is 0 Å². The van der Waals surface area contributed by atoms with Gasteiger partial charge >= 0.3 is 0 Å². The minimum atomic E-state index is 0.141. The van der Waals surface area contributed by atoms with Crippen LogP contribution in [0.4, 0.5) is 5.95 Å². The number of hydrogen-bond acceptors (Lipinski definition) is 4. The van der Waals surface area contributed by atoms with E-state index < -0.39 is 0 Å². The Hall–Kier alpha value is -0.610. The van der Waals surface area contributed by atoms with Crippen molar-refractivity contribution in [2.24, 2.45) is 0 Å². The van der Waals surface area contributed by atoms with E-state index >= 15 is 0 Å². The molecule has 6 heteroatoms. The molecule has 0 N–H and O–H groups in total. The summed E-state index contributed by atoms with van der Waals surface area (Å²) in [7, 11) is 1.93. The molecule has 1 aliphatic rings. The van der Waals surface area contributed by atoms with Gasteiger partial charge in [-0.1, -0.05) is 0 Å². The van der Waals surface area contributed by atoms with Crippen LogP contribution in [0.1, 0.15) is 12.8 Å². The SMILES string of the molecule is CN(c1nc(Cl)nc(Cl)n1)C1CC1. The molecule has 0 radical (unpaired) electrons. The first-order chi connectivity index (χ1) is 6.16. The minimum Gasteiger partial charge on any atom is -0.341 e. The maximum atomic E-state index is 5.65. The smallest absolute Gasteiger partial charge is 0.230 e. The van der Waals surface area contributed by atoms with Gasteiger partial charge in [0.25, 0.3) is 0 Å². The molecule has 1 fully saturated rings. The second-order valence-electron chi connectivity index (χ2n) is 3.02. The molecular weight excluding hydrogens is 211 g/mol. The van der Waals surface area contributed by atoms with Crippen molar-refractivity contribution in [3.05, 3.63) is 10.6 Å². The third-order valence-corrected chi connectivity index (χ3v) is 2.32. The lowest BCUT2D eigenvalue weighted by Gasteiger charge is -2.15. The number of rotatable bonds is 2. The molecule has 0 aliphatic heterocycles. The van der Waals surface area contributed by atoms with Gasteiger partial charge in [0.05, 0.1) is 0 Å². The zero-order chi connectivity index (χ0) is 9.42. The van der Waals surface area contributed by atoms with Crippen LogP contribution in [-0.4, -0.2) is 28.0 Å². The predicted molar refractivity (Wildman–Crippen MR) is 51.3 cm³/mol. The van der Waals surface area contributed by atoms with Gasteiger partial charge in [-0.2, -0.15) is 15.0 Å². The zero-order valence-electron chi connectivity index (χ0n) is 7.04. The van der Waals surface area contributed by atoms with Crippen LogP contribution in [0.15, 0.2) is 0 Å². The minimum absolute atomic E-state index is 0.141. The van der Waals surface area contributed by atoms with Crippen molar-refractivity contribution in [3.8, 4) is 0 Å². The number of aromatic nitrogens is 3. The highest BCUT2D eigenvalue weighted by Crippen LogP contribution is 2.28. The van der Waals surface area contributed by atoms with Gasteiger partial charge in [0, 0.05) is 13.1 Å². The highest BCUT2D eigenvalue weighted by Gasteiger charge is 2.28. The van der Waals surface area contributed by atoms with Gasteiger partial charge in [-0.15, -0.1) is 0 Å². The van der Waals surface area contributed by atoms with Crippen molar-refractivity contribution in [3.63, 3.8) is 0 Å². The van der Waals surface area contributed by atoms with E-state index in [1.54, 1.807) is 0 Å². The molecule has 1 saturated carbocycles. The van der Waals surface area contributed by atoms with Crippen LogP contribution >= 0.6 is 23.2 Å². The zero-order valence-corrected chi connectivity index (χ0v) is 8.55. The van der Waals surface area contributed by atoms with Crippen LogP contribution in [0.25, 0.3) is 0 Å². The van der Waals surface area contributed by atoms with Crippen molar-refractivity contribution < 1.29 is 0 Å². The van der Waals surface area contributed by atoms with Crippen molar-refractivity contribution in [2.45, 2.75) is 18.9 Å². The molecule has 1 aromatic heterocycles. The molecule has 0 saturated heterocycles. The fourth-order valence-corrected chi connectivity index (χ4v) is 1.45. The summed E-state index contributed by atoms with van der Waals surface area (Å²) in [6, 6.07) is 0.537. The normalized spacial score (nSPS) is 15.9. The Labute approximate surface area is 85.9 Å². The van der Waals surface area contributed by atoms with Crippen molar-refractivity contribution in [2.75, 3.05) is 11.9 Å². The van der Waals surface area contributed by atoms with Gasteiger partial charge in [-0.25, -0.2) is 0 Å². The lowest BCUT2D eigenvalue weighted by Crippen LogP contribution is -2.22. The quantitative estimate of drug-likeness (QED) is 0.760. The molecule has 0 bridgehead atoms. The van der Waals surface area contributed by atoms with Gasteiger partial charge in [0.15, 0.2) is 0 Å². The summed E-state index contributed by atoms with van der Waals surface area (Å²) in [4.78, 5) is 13.6.